The zero-order chi connectivity index (χ0) is 13.0. The highest BCUT2D eigenvalue weighted by atomic mass is 35.5. The molecule has 1 aromatic heterocycles. The van der Waals surface area contributed by atoms with Gasteiger partial charge >= 0.3 is 0 Å². The van der Waals surface area contributed by atoms with Crippen LogP contribution >= 0.6 is 22.9 Å². The van der Waals surface area contributed by atoms with Gasteiger partial charge in [0.2, 0.25) is 0 Å². The summed E-state index contributed by atoms with van der Waals surface area (Å²) in [6.07, 6.45) is 5.45. The maximum Gasteiger partial charge on any atom is 0.0931 e. The van der Waals surface area contributed by atoms with E-state index in [0.29, 0.717) is 0 Å². The topological polar surface area (TPSA) is 12.0 Å². The molecular formula is C15H24ClNS. The van der Waals surface area contributed by atoms with Gasteiger partial charge in [-0.1, -0.05) is 38.3 Å². The van der Waals surface area contributed by atoms with E-state index in [1.54, 1.807) is 11.3 Å². The standard InChI is InChI=1S/C15H24ClNS/c1-3-11-5-6-12(10-17-4-2)13(9-11)14-7-8-15(16)18-14/h7-8,11-13,17H,3-6,9-10H2,1-2H3. The molecule has 3 heteroatoms. The minimum atomic E-state index is 0.722. The highest BCUT2D eigenvalue weighted by molar-refractivity contribution is 7.16. The summed E-state index contributed by atoms with van der Waals surface area (Å²) in [6.45, 7) is 6.75. The monoisotopic (exact) mass is 285 g/mol. The first-order valence-corrected chi connectivity index (χ1v) is 8.40. The predicted octanol–water partition coefficient (Wildman–Crippen LogP) is 4.92. The number of halogens is 1. The molecule has 1 nitrogen and oxygen atoms in total. The van der Waals surface area contributed by atoms with E-state index >= 15 is 0 Å². The number of hydrogen-bond donors (Lipinski definition) is 1. The van der Waals surface area contributed by atoms with Crippen molar-refractivity contribution in [3.63, 3.8) is 0 Å². The molecule has 1 aliphatic rings. The fourth-order valence-electron chi connectivity index (χ4n) is 3.14. The van der Waals surface area contributed by atoms with Crippen LogP contribution in [0.4, 0.5) is 0 Å². The molecule has 0 saturated heterocycles. The quantitative estimate of drug-likeness (QED) is 0.809. The van der Waals surface area contributed by atoms with Crippen molar-refractivity contribution < 1.29 is 0 Å². The van der Waals surface area contributed by atoms with Crippen LogP contribution in [0.3, 0.4) is 0 Å². The molecule has 3 unspecified atom stereocenters. The second kappa shape index (κ2) is 6.93. The van der Waals surface area contributed by atoms with Gasteiger partial charge in [-0.2, -0.15) is 0 Å². The molecule has 1 N–H and O–H groups in total. The lowest BCUT2D eigenvalue weighted by Crippen LogP contribution is -2.31. The van der Waals surface area contributed by atoms with Gasteiger partial charge in [0, 0.05) is 4.88 Å². The lowest BCUT2D eigenvalue weighted by molar-refractivity contribution is 0.229. The summed E-state index contributed by atoms with van der Waals surface area (Å²) < 4.78 is 0.936. The van der Waals surface area contributed by atoms with E-state index in [1.807, 2.05) is 0 Å². The number of nitrogens with one attached hydrogen (secondary N) is 1. The lowest BCUT2D eigenvalue weighted by Gasteiger charge is -2.35. The first-order valence-electron chi connectivity index (χ1n) is 7.20. The third-order valence-electron chi connectivity index (χ3n) is 4.30. The summed E-state index contributed by atoms with van der Waals surface area (Å²) in [7, 11) is 0. The van der Waals surface area contributed by atoms with Gasteiger partial charge in [-0.15, -0.1) is 11.3 Å². The normalized spacial score (nSPS) is 28.5. The first kappa shape index (κ1) is 14.4. The first-order chi connectivity index (χ1) is 8.74. The van der Waals surface area contributed by atoms with Gasteiger partial charge in [0.15, 0.2) is 0 Å². The Kier molecular flexibility index (Phi) is 5.53. The van der Waals surface area contributed by atoms with Crippen LogP contribution in [0, 0.1) is 11.8 Å². The van der Waals surface area contributed by atoms with Gasteiger partial charge in [-0.3, -0.25) is 0 Å². The maximum atomic E-state index is 6.10. The minimum Gasteiger partial charge on any atom is -0.317 e. The van der Waals surface area contributed by atoms with Crippen LogP contribution in [0.5, 0.6) is 0 Å². The van der Waals surface area contributed by atoms with Crippen molar-refractivity contribution in [2.24, 2.45) is 11.8 Å². The average Bonchev–Trinajstić information content (AvgIpc) is 2.82. The second-order valence-corrected chi connectivity index (χ2v) is 7.15. The largest absolute Gasteiger partial charge is 0.317 e. The van der Waals surface area contributed by atoms with Crippen LogP contribution in [0.25, 0.3) is 0 Å². The molecule has 1 heterocycles. The molecule has 2 rings (SSSR count). The SMILES string of the molecule is CCNCC1CCC(CC)CC1c1ccc(Cl)s1. The Labute approximate surface area is 120 Å². The van der Waals surface area contributed by atoms with Crippen LogP contribution in [-0.2, 0) is 0 Å². The molecule has 0 bridgehead atoms. The van der Waals surface area contributed by atoms with Crippen molar-refractivity contribution in [2.45, 2.75) is 45.4 Å². The predicted molar refractivity (Wildman–Crippen MR) is 81.7 cm³/mol. The Morgan fingerprint density at radius 1 is 1.33 bits per heavy atom. The van der Waals surface area contributed by atoms with E-state index in [2.05, 4.69) is 31.3 Å². The van der Waals surface area contributed by atoms with Crippen LogP contribution in [-0.4, -0.2) is 13.1 Å². The van der Waals surface area contributed by atoms with E-state index < -0.39 is 0 Å². The van der Waals surface area contributed by atoms with Crippen molar-refractivity contribution in [2.75, 3.05) is 13.1 Å². The molecule has 1 saturated carbocycles. The molecule has 102 valence electrons. The van der Waals surface area contributed by atoms with Gasteiger partial charge in [0.25, 0.3) is 0 Å². The number of thiophene rings is 1. The van der Waals surface area contributed by atoms with E-state index in [4.69, 9.17) is 11.6 Å². The molecule has 1 aromatic rings. The average molecular weight is 286 g/mol. The summed E-state index contributed by atoms with van der Waals surface area (Å²) in [5, 5.41) is 3.53. The van der Waals surface area contributed by atoms with E-state index in [-0.39, 0.29) is 0 Å². The lowest BCUT2D eigenvalue weighted by atomic mass is 9.72. The fourth-order valence-corrected chi connectivity index (χ4v) is 4.41. The molecule has 0 radical (unpaired) electrons. The summed E-state index contributed by atoms with van der Waals surface area (Å²) >= 11 is 7.89. The van der Waals surface area contributed by atoms with Gasteiger partial charge in [0.05, 0.1) is 4.34 Å². The summed E-state index contributed by atoms with van der Waals surface area (Å²) in [4.78, 5) is 1.50. The minimum absolute atomic E-state index is 0.722. The molecule has 1 aliphatic carbocycles. The smallest absolute Gasteiger partial charge is 0.0931 e. The van der Waals surface area contributed by atoms with Gasteiger partial charge in [0.1, 0.15) is 0 Å². The Bertz CT molecular complexity index is 363. The Hall–Kier alpha value is -0.0500. The van der Waals surface area contributed by atoms with E-state index in [9.17, 15) is 0 Å². The molecule has 3 atom stereocenters. The van der Waals surface area contributed by atoms with E-state index in [1.165, 1.54) is 30.6 Å². The highest BCUT2D eigenvalue weighted by Crippen LogP contribution is 2.44. The van der Waals surface area contributed by atoms with Crippen LogP contribution in [0.15, 0.2) is 12.1 Å². The molecule has 18 heavy (non-hydrogen) atoms. The van der Waals surface area contributed by atoms with Gasteiger partial charge < -0.3 is 5.32 Å². The molecule has 0 spiro atoms. The molecule has 0 aliphatic heterocycles. The highest BCUT2D eigenvalue weighted by Gasteiger charge is 2.31. The Morgan fingerprint density at radius 2 is 2.17 bits per heavy atom. The zero-order valence-corrected chi connectivity index (χ0v) is 13.0. The number of rotatable bonds is 5. The molecule has 0 amide bonds. The second-order valence-electron chi connectivity index (χ2n) is 5.40. The van der Waals surface area contributed by atoms with Crippen LogP contribution in [0.2, 0.25) is 4.34 Å². The van der Waals surface area contributed by atoms with Crippen molar-refractivity contribution in [3.8, 4) is 0 Å². The maximum absolute atomic E-state index is 6.10. The van der Waals surface area contributed by atoms with Crippen molar-refractivity contribution in [1.29, 1.82) is 0 Å². The van der Waals surface area contributed by atoms with Crippen LogP contribution < -0.4 is 5.32 Å². The summed E-state index contributed by atoms with van der Waals surface area (Å²) in [6, 6.07) is 4.30. The third-order valence-corrected chi connectivity index (χ3v) is 5.66. The van der Waals surface area contributed by atoms with E-state index in [0.717, 1.165) is 35.2 Å². The number of hydrogen-bond acceptors (Lipinski definition) is 2. The zero-order valence-electron chi connectivity index (χ0n) is 11.4. The summed E-state index contributed by atoms with van der Waals surface area (Å²) in [5.41, 5.74) is 0. The molecule has 1 fully saturated rings. The van der Waals surface area contributed by atoms with Gasteiger partial charge in [-0.05, 0) is 55.8 Å². The molecule has 0 aromatic carbocycles. The van der Waals surface area contributed by atoms with Crippen molar-refractivity contribution >= 4 is 22.9 Å². The van der Waals surface area contributed by atoms with Crippen molar-refractivity contribution in [3.05, 3.63) is 21.3 Å². The fraction of sp³-hybridized carbons (Fsp3) is 0.733. The van der Waals surface area contributed by atoms with Crippen molar-refractivity contribution in [1.82, 2.24) is 5.32 Å². The van der Waals surface area contributed by atoms with Gasteiger partial charge in [-0.25, -0.2) is 0 Å². The Balaban J connectivity index is 2.08. The Morgan fingerprint density at radius 3 is 2.78 bits per heavy atom. The van der Waals surface area contributed by atoms with Crippen LogP contribution in [0.1, 0.15) is 50.3 Å². The summed E-state index contributed by atoms with van der Waals surface area (Å²) in [5.74, 6) is 2.43. The third kappa shape index (κ3) is 3.49. The molecular weight excluding hydrogens is 262 g/mol.